The lowest BCUT2D eigenvalue weighted by atomic mass is 9.84. The standard InChI is InChI=1S/C13H17N3O5/c17-12(10-6-9(7-14-10)16(20)21)15-11(13(18)19)8-4-2-1-3-5-8/h6-8,11,14H,1-5H2,(H,15,17)(H,18,19). The Kier molecular flexibility index (Phi) is 4.56. The third-order valence-corrected chi connectivity index (χ3v) is 3.80. The predicted molar refractivity (Wildman–Crippen MR) is 72.9 cm³/mol. The first kappa shape index (κ1) is 15.0. The fraction of sp³-hybridized carbons (Fsp3) is 0.538. The van der Waals surface area contributed by atoms with Gasteiger partial charge in [0.25, 0.3) is 11.6 Å². The van der Waals surface area contributed by atoms with Gasteiger partial charge in [0.05, 0.1) is 11.1 Å². The van der Waals surface area contributed by atoms with Crippen LogP contribution in [0, 0.1) is 16.0 Å². The van der Waals surface area contributed by atoms with Gasteiger partial charge in [0, 0.05) is 6.07 Å². The Bertz CT molecular complexity index is 548. The van der Waals surface area contributed by atoms with Crippen LogP contribution in [0.2, 0.25) is 0 Å². The van der Waals surface area contributed by atoms with Crippen LogP contribution in [0.4, 0.5) is 5.69 Å². The van der Waals surface area contributed by atoms with Crippen LogP contribution in [0.15, 0.2) is 12.3 Å². The topological polar surface area (TPSA) is 125 Å². The highest BCUT2D eigenvalue weighted by Crippen LogP contribution is 2.27. The van der Waals surface area contributed by atoms with Crippen molar-refractivity contribution in [1.82, 2.24) is 10.3 Å². The van der Waals surface area contributed by atoms with E-state index in [1.165, 1.54) is 0 Å². The van der Waals surface area contributed by atoms with Crippen LogP contribution in [0.25, 0.3) is 0 Å². The second-order valence-corrected chi connectivity index (χ2v) is 5.22. The van der Waals surface area contributed by atoms with E-state index in [-0.39, 0.29) is 17.3 Å². The first-order valence-electron chi connectivity index (χ1n) is 6.85. The maximum Gasteiger partial charge on any atom is 0.326 e. The minimum absolute atomic E-state index is 0.0104. The number of nitro groups is 1. The minimum atomic E-state index is -1.07. The Morgan fingerprint density at radius 2 is 2.05 bits per heavy atom. The average Bonchev–Trinajstić information content (AvgIpc) is 2.95. The Morgan fingerprint density at radius 1 is 1.38 bits per heavy atom. The average molecular weight is 295 g/mol. The molecule has 1 saturated carbocycles. The third kappa shape index (κ3) is 3.59. The molecular formula is C13H17N3O5. The highest BCUT2D eigenvalue weighted by Gasteiger charge is 2.31. The van der Waals surface area contributed by atoms with E-state index in [0.29, 0.717) is 0 Å². The molecule has 1 heterocycles. The summed E-state index contributed by atoms with van der Waals surface area (Å²) in [5.74, 6) is -1.80. The summed E-state index contributed by atoms with van der Waals surface area (Å²) >= 11 is 0. The van der Waals surface area contributed by atoms with Gasteiger partial charge in [-0.15, -0.1) is 0 Å². The van der Waals surface area contributed by atoms with Gasteiger partial charge in [0.1, 0.15) is 11.7 Å². The van der Waals surface area contributed by atoms with Crippen molar-refractivity contribution in [3.05, 3.63) is 28.1 Å². The van der Waals surface area contributed by atoms with Crippen molar-refractivity contribution in [2.45, 2.75) is 38.1 Å². The molecule has 0 spiro atoms. The summed E-state index contributed by atoms with van der Waals surface area (Å²) in [7, 11) is 0. The fourth-order valence-corrected chi connectivity index (χ4v) is 2.69. The van der Waals surface area contributed by atoms with Crippen molar-refractivity contribution >= 4 is 17.6 Å². The van der Waals surface area contributed by atoms with E-state index in [1.807, 2.05) is 0 Å². The first-order valence-corrected chi connectivity index (χ1v) is 6.85. The predicted octanol–water partition coefficient (Wildman–Crippen LogP) is 1.69. The molecule has 0 aromatic carbocycles. The van der Waals surface area contributed by atoms with Crippen molar-refractivity contribution in [2.75, 3.05) is 0 Å². The fourth-order valence-electron chi connectivity index (χ4n) is 2.69. The summed E-state index contributed by atoms with van der Waals surface area (Å²) < 4.78 is 0. The number of hydrogen-bond donors (Lipinski definition) is 3. The second kappa shape index (κ2) is 6.38. The summed E-state index contributed by atoms with van der Waals surface area (Å²) in [5, 5.41) is 22.3. The molecule has 1 aromatic rings. The molecule has 0 saturated heterocycles. The molecule has 1 aromatic heterocycles. The zero-order valence-electron chi connectivity index (χ0n) is 11.4. The van der Waals surface area contributed by atoms with Crippen LogP contribution in [-0.4, -0.2) is 32.9 Å². The van der Waals surface area contributed by atoms with Crippen LogP contribution in [-0.2, 0) is 4.79 Å². The second-order valence-electron chi connectivity index (χ2n) is 5.22. The molecule has 1 amide bonds. The number of amides is 1. The van der Waals surface area contributed by atoms with Crippen molar-refractivity contribution in [3.63, 3.8) is 0 Å². The van der Waals surface area contributed by atoms with E-state index < -0.39 is 22.8 Å². The number of aromatic nitrogens is 1. The zero-order valence-corrected chi connectivity index (χ0v) is 11.4. The molecule has 114 valence electrons. The van der Waals surface area contributed by atoms with Gasteiger partial charge in [0.15, 0.2) is 0 Å². The molecule has 0 aliphatic heterocycles. The van der Waals surface area contributed by atoms with E-state index in [0.717, 1.165) is 44.4 Å². The molecular weight excluding hydrogens is 278 g/mol. The smallest absolute Gasteiger partial charge is 0.326 e. The van der Waals surface area contributed by atoms with Crippen LogP contribution >= 0.6 is 0 Å². The number of nitrogens with zero attached hydrogens (tertiary/aromatic N) is 1. The number of nitrogens with one attached hydrogen (secondary N) is 2. The number of carbonyl (C=O) groups excluding carboxylic acids is 1. The van der Waals surface area contributed by atoms with E-state index in [4.69, 9.17) is 0 Å². The first-order chi connectivity index (χ1) is 9.99. The highest BCUT2D eigenvalue weighted by atomic mass is 16.6. The van der Waals surface area contributed by atoms with Crippen molar-refractivity contribution in [3.8, 4) is 0 Å². The number of hydrogen-bond acceptors (Lipinski definition) is 4. The lowest BCUT2D eigenvalue weighted by molar-refractivity contribution is -0.384. The van der Waals surface area contributed by atoms with Gasteiger partial charge in [-0.25, -0.2) is 4.79 Å². The molecule has 3 N–H and O–H groups in total. The van der Waals surface area contributed by atoms with E-state index in [9.17, 15) is 24.8 Å². The van der Waals surface area contributed by atoms with Gasteiger partial charge in [-0.05, 0) is 18.8 Å². The number of rotatable bonds is 5. The number of carboxylic acid groups (broad SMARTS) is 1. The number of carbonyl (C=O) groups is 2. The Morgan fingerprint density at radius 3 is 2.57 bits per heavy atom. The monoisotopic (exact) mass is 295 g/mol. The van der Waals surface area contributed by atoms with Gasteiger partial charge in [0.2, 0.25) is 0 Å². The van der Waals surface area contributed by atoms with Crippen LogP contribution < -0.4 is 5.32 Å². The maximum atomic E-state index is 12.0. The minimum Gasteiger partial charge on any atom is -0.480 e. The summed E-state index contributed by atoms with van der Waals surface area (Å²) in [6.45, 7) is 0. The van der Waals surface area contributed by atoms with Gasteiger partial charge in [-0.1, -0.05) is 19.3 Å². The van der Waals surface area contributed by atoms with E-state index >= 15 is 0 Å². The van der Waals surface area contributed by atoms with E-state index in [2.05, 4.69) is 10.3 Å². The number of H-pyrrole nitrogens is 1. The molecule has 2 rings (SSSR count). The SMILES string of the molecule is O=C(NC(C(=O)O)C1CCCCC1)c1cc([N+](=O)[O-])c[nH]1. The summed E-state index contributed by atoms with van der Waals surface area (Å²) in [5.41, 5.74) is -0.242. The van der Waals surface area contributed by atoms with E-state index in [1.54, 1.807) is 0 Å². The largest absolute Gasteiger partial charge is 0.480 e. The molecule has 0 bridgehead atoms. The van der Waals surface area contributed by atoms with Crippen molar-refractivity contribution in [2.24, 2.45) is 5.92 Å². The maximum absolute atomic E-state index is 12.0. The zero-order chi connectivity index (χ0) is 15.4. The van der Waals surface area contributed by atoms with Gasteiger partial charge in [-0.2, -0.15) is 0 Å². The molecule has 0 radical (unpaired) electrons. The molecule has 8 nitrogen and oxygen atoms in total. The lowest BCUT2D eigenvalue weighted by Crippen LogP contribution is -2.46. The van der Waals surface area contributed by atoms with Crippen LogP contribution in [0.3, 0.4) is 0 Å². The molecule has 1 fully saturated rings. The lowest BCUT2D eigenvalue weighted by Gasteiger charge is -2.27. The quantitative estimate of drug-likeness (QED) is 0.563. The Hall–Kier alpha value is -2.38. The summed E-state index contributed by atoms with van der Waals surface area (Å²) in [6, 6.07) is 0.134. The Balaban J connectivity index is 2.06. The normalized spacial score (nSPS) is 17.1. The molecule has 1 aliphatic rings. The molecule has 1 aliphatic carbocycles. The number of aromatic amines is 1. The molecule has 8 heteroatoms. The molecule has 21 heavy (non-hydrogen) atoms. The van der Waals surface area contributed by atoms with Crippen molar-refractivity contribution < 1.29 is 19.6 Å². The highest BCUT2D eigenvalue weighted by molar-refractivity contribution is 5.95. The molecule has 1 unspecified atom stereocenters. The summed E-state index contributed by atoms with van der Waals surface area (Å²) in [6.07, 6.45) is 5.63. The van der Waals surface area contributed by atoms with Gasteiger partial charge in [-0.3, -0.25) is 14.9 Å². The van der Waals surface area contributed by atoms with Crippen molar-refractivity contribution in [1.29, 1.82) is 0 Å². The Labute approximate surface area is 120 Å². The van der Waals surface area contributed by atoms with Crippen LogP contribution in [0.1, 0.15) is 42.6 Å². The molecule has 1 atom stereocenters. The summed E-state index contributed by atoms with van der Waals surface area (Å²) in [4.78, 5) is 35.8. The number of carboxylic acids is 1. The van der Waals surface area contributed by atoms with Gasteiger partial charge < -0.3 is 15.4 Å². The van der Waals surface area contributed by atoms with Gasteiger partial charge >= 0.3 is 5.97 Å². The number of aliphatic carboxylic acids is 1. The van der Waals surface area contributed by atoms with Crippen LogP contribution in [0.5, 0.6) is 0 Å². The third-order valence-electron chi connectivity index (χ3n) is 3.80.